The van der Waals surface area contributed by atoms with Gasteiger partial charge in [-0.25, -0.2) is 0 Å². The Balaban J connectivity index is 0. The fraction of sp³-hybridized carbons (Fsp3) is 0. The molecular formula is H2FO2PRh. The fourth-order valence-corrected chi connectivity index (χ4v) is 0. The van der Waals surface area contributed by atoms with Gasteiger partial charge in [-0.2, -0.15) is 4.20 Å². The van der Waals surface area contributed by atoms with Crippen molar-refractivity contribution < 1.29 is 33.5 Å². The second-order valence-electron chi connectivity index (χ2n) is 0.241. The van der Waals surface area contributed by atoms with Crippen LogP contribution in [-0.2, 0) is 19.5 Å². The minimum absolute atomic E-state index is 0. The van der Waals surface area contributed by atoms with Crippen LogP contribution in [0, 0.1) is 0 Å². The maximum Gasteiger partial charge on any atom is 0.369 e. The van der Waals surface area contributed by atoms with Gasteiger partial charge in [0.15, 0.2) is 0 Å². The van der Waals surface area contributed by atoms with Crippen molar-refractivity contribution in [1.82, 2.24) is 0 Å². The maximum atomic E-state index is 10.2. The third kappa shape index (κ3) is 50.6. The molecular weight excluding hydrogens is 185 g/mol. The van der Waals surface area contributed by atoms with Crippen LogP contribution in [0.2, 0.25) is 0 Å². The van der Waals surface area contributed by atoms with Gasteiger partial charge in [-0.15, -0.1) is 0 Å². The molecule has 1 radical (unpaired) electrons. The van der Waals surface area contributed by atoms with Crippen molar-refractivity contribution in [1.29, 1.82) is 0 Å². The van der Waals surface area contributed by atoms with Gasteiger partial charge in [0, 0.05) is 19.5 Å². The molecule has 0 saturated heterocycles. The first-order chi connectivity index (χ1) is 1.73. The first-order valence-electron chi connectivity index (χ1n) is 0.569. The molecule has 2 N–H and O–H groups in total. The zero-order valence-electron chi connectivity index (χ0n) is 2.05. The van der Waals surface area contributed by atoms with Gasteiger partial charge in [0.2, 0.25) is 0 Å². The van der Waals surface area contributed by atoms with Crippen LogP contribution >= 0.6 is 8.69 Å². The van der Waals surface area contributed by atoms with Gasteiger partial charge < -0.3 is 9.79 Å². The van der Waals surface area contributed by atoms with E-state index in [2.05, 4.69) is 0 Å². The second-order valence-corrected chi connectivity index (χ2v) is 0.722. The van der Waals surface area contributed by atoms with Crippen LogP contribution in [0.5, 0.6) is 0 Å². The number of hydrogen-bond acceptors (Lipinski definition) is 2. The molecule has 0 aliphatic rings. The van der Waals surface area contributed by atoms with Crippen molar-refractivity contribution in [3.05, 3.63) is 0 Å². The molecule has 35 valence electrons. The van der Waals surface area contributed by atoms with Gasteiger partial charge in [0.1, 0.15) is 0 Å². The molecule has 0 saturated carbocycles. The molecule has 0 amide bonds. The summed E-state index contributed by atoms with van der Waals surface area (Å²) in [4.78, 5) is 14.0. The topological polar surface area (TPSA) is 40.5 Å². The van der Waals surface area contributed by atoms with Crippen LogP contribution in [-0.4, -0.2) is 9.79 Å². The fourth-order valence-electron chi connectivity index (χ4n) is 0. The molecule has 5 heavy (non-hydrogen) atoms. The van der Waals surface area contributed by atoms with E-state index >= 15 is 0 Å². The normalized spacial score (nSPS) is 7.20. The average Bonchev–Trinajstić information content (AvgIpc) is 0.811. The quantitative estimate of drug-likeness (QED) is 0.419. The molecule has 0 unspecified atom stereocenters. The van der Waals surface area contributed by atoms with E-state index in [1.54, 1.807) is 0 Å². The van der Waals surface area contributed by atoms with Crippen molar-refractivity contribution >= 4 is 8.69 Å². The van der Waals surface area contributed by atoms with Crippen LogP contribution < -0.4 is 0 Å². The number of rotatable bonds is 0. The molecule has 0 atom stereocenters. The molecule has 0 aromatic carbocycles. The molecule has 0 aliphatic carbocycles. The molecule has 0 heterocycles. The summed E-state index contributed by atoms with van der Waals surface area (Å²) in [6.07, 6.45) is 0. The van der Waals surface area contributed by atoms with E-state index in [-0.39, 0.29) is 19.5 Å². The van der Waals surface area contributed by atoms with E-state index in [0.717, 1.165) is 0 Å². The molecule has 2 nitrogen and oxygen atoms in total. The largest absolute Gasteiger partial charge is 0.369 e. The van der Waals surface area contributed by atoms with Crippen LogP contribution in [0.1, 0.15) is 0 Å². The molecule has 0 bridgehead atoms. The summed E-state index contributed by atoms with van der Waals surface area (Å²) in [6, 6.07) is 0. The third-order valence-electron chi connectivity index (χ3n) is 0. The first-order valence-corrected chi connectivity index (χ1v) is 1.71. The molecule has 0 rings (SSSR count). The van der Waals surface area contributed by atoms with E-state index in [0.29, 0.717) is 0 Å². The van der Waals surface area contributed by atoms with Crippen molar-refractivity contribution in [3.8, 4) is 0 Å². The van der Waals surface area contributed by atoms with E-state index in [4.69, 9.17) is 9.79 Å². The molecule has 0 spiro atoms. The Hall–Kier alpha value is 0.903. The SMILES string of the molecule is OP(O)F.[Rh]. The Kier molecular flexibility index (Phi) is 9.14. The number of halogens is 1. The predicted octanol–water partition coefficient (Wildman–Crippen LogP) is 0.165. The van der Waals surface area contributed by atoms with Crippen molar-refractivity contribution in [3.63, 3.8) is 0 Å². The molecule has 0 aromatic heterocycles. The zero-order chi connectivity index (χ0) is 3.58. The summed E-state index contributed by atoms with van der Waals surface area (Å²) < 4.78 is 10.2. The van der Waals surface area contributed by atoms with E-state index in [1.165, 1.54) is 0 Å². The first kappa shape index (κ1) is 9.32. The zero-order valence-corrected chi connectivity index (χ0v) is 4.59. The summed E-state index contributed by atoms with van der Waals surface area (Å²) in [5, 5.41) is 0. The Labute approximate surface area is 42.8 Å². The Morgan fingerprint density at radius 3 is 1.40 bits per heavy atom. The van der Waals surface area contributed by atoms with Gasteiger partial charge in [0.25, 0.3) is 0 Å². The monoisotopic (exact) mass is 187 g/mol. The Bertz CT molecular complexity index is 14.4. The van der Waals surface area contributed by atoms with Gasteiger partial charge in [-0.05, 0) is 0 Å². The summed E-state index contributed by atoms with van der Waals surface area (Å²) in [5.41, 5.74) is 0. The van der Waals surface area contributed by atoms with Crippen LogP contribution in [0.4, 0.5) is 4.20 Å². The third-order valence-corrected chi connectivity index (χ3v) is 0. The van der Waals surface area contributed by atoms with Crippen LogP contribution in [0.15, 0.2) is 0 Å². The average molecular weight is 187 g/mol. The van der Waals surface area contributed by atoms with E-state index < -0.39 is 8.69 Å². The summed E-state index contributed by atoms with van der Waals surface area (Å²) in [7, 11) is -3.12. The van der Waals surface area contributed by atoms with Gasteiger partial charge in [0.05, 0.1) is 0 Å². The van der Waals surface area contributed by atoms with E-state index in [9.17, 15) is 4.20 Å². The van der Waals surface area contributed by atoms with Crippen molar-refractivity contribution in [2.75, 3.05) is 0 Å². The Morgan fingerprint density at radius 1 is 1.40 bits per heavy atom. The predicted molar refractivity (Wildman–Crippen MR) is 12.5 cm³/mol. The minimum Gasteiger partial charge on any atom is -0.325 e. The van der Waals surface area contributed by atoms with Gasteiger partial charge in [-0.1, -0.05) is 0 Å². The standard InChI is InChI=1S/FH2O2P.Rh/c1-4(2)3;/h2-3H;. The van der Waals surface area contributed by atoms with E-state index in [1.807, 2.05) is 0 Å². The molecule has 5 heteroatoms. The molecule has 0 aromatic rings. The van der Waals surface area contributed by atoms with Crippen LogP contribution in [0.25, 0.3) is 0 Å². The maximum absolute atomic E-state index is 10.2. The van der Waals surface area contributed by atoms with Gasteiger partial charge >= 0.3 is 8.69 Å². The summed E-state index contributed by atoms with van der Waals surface area (Å²) >= 11 is 0. The smallest absolute Gasteiger partial charge is 0.325 e. The van der Waals surface area contributed by atoms with Gasteiger partial charge in [-0.3, -0.25) is 0 Å². The minimum atomic E-state index is -3.12. The number of hydrogen-bond donors (Lipinski definition) is 2. The van der Waals surface area contributed by atoms with Crippen molar-refractivity contribution in [2.45, 2.75) is 0 Å². The summed E-state index contributed by atoms with van der Waals surface area (Å²) in [6.45, 7) is 0. The van der Waals surface area contributed by atoms with Crippen molar-refractivity contribution in [2.24, 2.45) is 0 Å². The molecule has 0 aliphatic heterocycles. The second kappa shape index (κ2) is 4.90. The molecule has 0 fully saturated rings. The van der Waals surface area contributed by atoms with Crippen LogP contribution in [0.3, 0.4) is 0 Å². The summed E-state index contributed by atoms with van der Waals surface area (Å²) in [5.74, 6) is 0. The Morgan fingerprint density at radius 2 is 1.40 bits per heavy atom.